The molecular formula is C74H126O12Sn2. The first kappa shape index (κ1) is 81.0. The molecule has 14 heteroatoms. The molecule has 0 radical (unpaired) electrons. The summed E-state index contributed by atoms with van der Waals surface area (Å²) in [5, 5.41) is 0. The second-order valence-electron chi connectivity index (χ2n) is 25.1. The topological polar surface area (TPSA) is 158 Å². The van der Waals surface area contributed by atoms with E-state index < -0.39 is 75.1 Å². The second kappa shape index (κ2) is 55.5. The van der Waals surface area contributed by atoms with E-state index in [2.05, 4.69) is 57.2 Å². The van der Waals surface area contributed by atoms with Crippen LogP contribution < -0.4 is 0 Å². The van der Waals surface area contributed by atoms with Gasteiger partial charge in [0, 0.05) is 0 Å². The Morgan fingerprint density at radius 2 is 0.636 bits per heavy atom. The summed E-state index contributed by atoms with van der Waals surface area (Å²) < 4.78 is 36.4. The first-order valence-electron chi connectivity index (χ1n) is 36.4. The van der Waals surface area contributed by atoms with E-state index in [9.17, 15) is 28.8 Å². The van der Waals surface area contributed by atoms with Crippen LogP contribution in [0.1, 0.15) is 349 Å². The number of hydrogen-bond donors (Lipinski definition) is 0. The van der Waals surface area contributed by atoms with Gasteiger partial charge < -0.3 is 0 Å². The number of carbonyl (C=O) groups excluding carboxylic acids is 6. The number of allylic oxidation sites excluding steroid dienone is 6. The maximum atomic E-state index is 14.6. The molecule has 502 valence electrons. The van der Waals surface area contributed by atoms with E-state index in [1.54, 1.807) is 0 Å². The average molecular weight is 1450 g/mol. The van der Waals surface area contributed by atoms with Crippen LogP contribution in [0.3, 0.4) is 0 Å². The van der Waals surface area contributed by atoms with E-state index in [1.165, 1.54) is 128 Å². The SMILES string of the molecule is CCCCCCCC/C=C\CCCCCCCCC1=CC(=O)[O][Sn]([CH2]CCC)([O]C(=O)/C=C(/CCCCCCCC/C=C\CCCCCCCC)C(=O)[O][Sn]2([CH2]CCC)[O]C(=O)C=C(CCCCCCCC/C=C\CCCCCCCC)C(=O)[O]2)[O]C1=O. The van der Waals surface area contributed by atoms with E-state index in [0.717, 1.165) is 141 Å². The molecule has 0 aromatic heterocycles. The van der Waals surface area contributed by atoms with Crippen molar-refractivity contribution in [2.24, 2.45) is 0 Å². The monoisotopic (exact) mass is 1450 g/mol. The van der Waals surface area contributed by atoms with Crippen LogP contribution >= 0.6 is 0 Å². The predicted molar refractivity (Wildman–Crippen MR) is 364 cm³/mol. The molecule has 0 bridgehead atoms. The number of carbonyl (C=O) groups is 6. The van der Waals surface area contributed by atoms with Gasteiger partial charge in [-0.1, -0.05) is 135 Å². The Hall–Kier alpha value is -3.14. The molecule has 2 aliphatic rings. The van der Waals surface area contributed by atoms with Gasteiger partial charge in [0.15, 0.2) is 0 Å². The summed E-state index contributed by atoms with van der Waals surface area (Å²) >= 11 is -10.7. The number of rotatable bonds is 58. The summed E-state index contributed by atoms with van der Waals surface area (Å²) in [4.78, 5) is 83.5. The van der Waals surface area contributed by atoms with E-state index in [0.29, 0.717) is 57.8 Å². The van der Waals surface area contributed by atoms with Crippen LogP contribution in [0.25, 0.3) is 0 Å². The average Bonchev–Trinajstić information content (AvgIpc) is 2.98. The van der Waals surface area contributed by atoms with Crippen LogP contribution in [-0.4, -0.2) is 75.1 Å². The molecule has 2 heterocycles. The van der Waals surface area contributed by atoms with Gasteiger partial charge in [-0.25, -0.2) is 0 Å². The molecule has 0 N–H and O–H groups in total. The van der Waals surface area contributed by atoms with Crippen molar-refractivity contribution in [1.29, 1.82) is 0 Å². The fourth-order valence-electron chi connectivity index (χ4n) is 11.2. The molecule has 0 saturated carbocycles. The molecule has 0 aromatic rings. The number of hydrogen-bond acceptors (Lipinski definition) is 12. The van der Waals surface area contributed by atoms with E-state index in [4.69, 9.17) is 18.4 Å². The molecule has 12 nitrogen and oxygen atoms in total. The van der Waals surface area contributed by atoms with Gasteiger partial charge in [-0.15, -0.1) is 0 Å². The van der Waals surface area contributed by atoms with Gasteiger partial charge in [0.25, 0.3) is 0 Å². The number of unbranched alkanes of at least 4 members (excludes halogenated alkanes) is 38. The summed E-state index contributed by atoms with van der Waals surface area (Å²) in [6.07, 6.45) is 68.1. The van der Waals surface area contributed by atoms with Crippen LogP contribution in [0.2, 0.25) is 8.87 Å². The molecule has 0 aliphatic carbocycles. The zero-order valence-corrected chi connectivity index (χ0v) is 62.4. The van der Waals surface area contributed by atoms with Crippen molar-refractivity contribution >= 4 is 75.1 Å². The molecule has 0 saturated heterocycles. The van der Waals surface area contributed by atoms with Gasteiger partial charge in [-0.2, -0.15) is 0 Å². The van der Waals surface area contributed by atoms with E-state index >= 15 is 0 Å². The van der Waals surface area contributed by atoms with Crippen molar-refractivity contribution in [3.8, 4) is 0 Å². The van der Waals surface area contributed by atoms with Crippen LogP contribution in [-0.2, 0) is 47.2 Å². The Morgan fingerprint density at radius 1 is 0.352 bits per heavy atom. The third kappa shape index (κ3) is 42.1. The van der Waals surface area contributed by atoms with E-state index in [-0.39, 0.29) is 32.0 Å². The minimum absolute atomic E-state index is 0.0521. The van der Waals surface area contributed by atoms with Gasteiger partial charge in [-0.3, -0.25) is 0 Å². The van der Waals surface area contributed by atoms with Crippen LogP contribution in [0.5, 0.6) is 0 Å². The molecule has 88 heavy (non-hydrogen) atoms. The Morgan fingerprint density at radius 3 is 0.966 bits per heavy atom. The zero-order valence-electron chi connectivity index (χ0n) is 56.7. The standard InChI is InChI=1S/3C22H38O4.2C4H9.2Sn/c3*1-2-3-4-5-6-7-8-9-10-11-12-13-14-15-16-17-18-20(22(25)26)19-21(23)24;2*1-3-4-2;;/h3*9-10,19H,2-8,11-18H2,1H3,(H,23,24)(H,25,26);2*1,3-4H2,2H3;;/q;;;;;2*+3/p-6/b2*10-9-,20-19?;10-9-,20-19-;;;;. The molecule has 2 rings (SSSR count). The van der Waals surface area contributed by atoms with Gasteiger partial charge in [-0.05, 0) is 38.5 Å². The molecule has 2 unspecified atom stereocenters. The maximum absolute atomic E-state index is 14.6. The Balaban J connectivity index is 2.11. The summed E-state index contributed by atoms with van der Waals surface area (Å²) in [6.45, 7) is 10.6. The van der Waals surface area contributed by atoms with Crippen molar-refractivity contribution in [3.63, 3.8) is 0 Å². The molecule has 0 aromatic carbocycles. The summed E-state index contributed by atoms with van der Waals surface area (Å²) in [5.74, 6) is -4.89. The summed E-state index contributed by atoms with van der Waals surface area (Å²) in [6, 6.07) is 0. The molecule has 2 aliphatic heterocycles. The normalized spacial score (nSPS) is 17.4. The van der Waals surface area contributed by atoms with Gasteiger partial charge in [0.2, 0.25) is 0 Å². The van der Waals surface area contributed by atoms with Gasteiger partial charge in [0.1, 0.15) is 0 Å². The van der Waals surface area contributed by atoms with Crippen molar-refractivity contribution < 1.29 is 47.2 Å². The van der Waals surface area contributed by atoms with Crippen molar-refractivity contribution in [3.05, 3.63) is 71.4 Å². The Labute approximate surface area is 547 Å². The molecule has 0 spiro atoms. The quantitative estimate of drug-likeness (QED) is 0.0246. The molecule has 2 atom stereocenters. The molecule has 0 amide bonds. The van der Waals surface area contributed by atoms with Crippen molar-refractivity contribution in [1.82, 2.24) is 0 Å². The van der Waals surface area contributed by atoms with Crippen molar-refractivity contribution in [2.45, 2.75) is 358 Å². The Kier molecular flexibility index (Phi) is 51.0. The third-order valence-corrected chi connectivity index (χ3v) is 30.9. The van der Waals surface area contributed by atoms with E-state index in [1.807, 2.05) is 13.8 Å². The minimum atomic E-state index is -5.38. The van der Waals surface area contributed by atoms with Crippen molar-refractivity contribution in [2.75, 3.05) is 0 Å². The second-order valence-corrected chi connectivity index (χ2v) is 39.2. The fraction of sp³-hybridized carbons (Fsp3) is 0.757. The van der Waals surface area contributed by atoms with Crippen LogP contribution in [0.4, 0.5) is 0 Å². The summed E-state index contributed by atoms with van der Waals surface area (Å²) in [7, 11) is 0. The van der Waals surface area contributed by atoms with Gasteiger partial charge in [0.05, 0.1) is 0 Å². The first-order chi connectivity index (χ1) is 43.0. The zero-order chi connectivity index (χ0) is 63.9. The molecular weight excluding hydrogens is 1320 g/mol. The van der Waals surface area contributed by atoms with Crippen LogP contribution in [0, 0.1) is 0 Å². The summed E-state index contributed by atoms with van der Waals surface area (Å²) in [5.41, 5.74) is 0.349. The Bertz CT molecular complexity index is 2070. The fourth-order valence-corrected chi connectivity index (χ4v) is 24.8. The molecule has 0 fully saturated rings. The van der Waals surface area contributed by atoms with Crippen LogP contribution in [0.15, 0.2) is 71.4 Å². The van der Waals surface area contributed by atoms with Gasteiger partial charge >= 0.3 is 378 Å². The third-order valence-electron chi connectivity index (χ3n) is 16.7. The first-order valence-corrected chi connectivity index (χ1v) is 47.4. The predicted octanol–water partition coefficient (Wildman–Crippen LogP) is 21.8.